The van der Waals surface area contributed by atoms with Gasteiger partial charge in [0.15, 0.2) is 5.96 Å². The average Bonchev–Trinajstić information content (AvgIpc) is 3.41. The molecule has 1 fully saturated rings. The van der Waals surface area contributed by atoms with Gasteiger partial charge in [-0.1, -0.05) is 18.2 Å². The molecule has 1 aromatic carbocycles. The molecule has 23 heavy (non-hydrogen) atoms. The van der Waals surface area contributed by atoms with Crippen molar-refractivity contribution < 1.29 is 4.74 Å². The highest BCUT2D eigenvalue weighted by Gasteiger charge is 2.28. The van der Waals surface area contributed by atoms with Crippen LogP contribution < -0.4 is 15.4 Å². The number of hydrogen-bond acceptors (Lipinski definition) is 3. The lowest BCUT2D eigenvalue weighted by Crippen LogP contribution is -2.41. The lowest BCUT2D eigenvalue weighted by molar-refractivity contribution is 0.253. The fraction of sp³-hybridized carbons (Fsp3) is 0.611. The zero-order valence-corrected chi connectivity index (χ0v) is 14.6. The van der Waals surface area contributed by atoms with Crippen LogP contribution >= 0.6 is 0 Å². The van der Waals surface area contributed by atoms with Crippen molar-refractivity contribution in [2.75, 3.05) is 33.3 Å². The molecule has 1 aliphatic rings. The van der Waals surface area contributed by atoms with Crippen LogP contribution in [0, 0.1) is 0 Å². The number of rotatable bonds is 9. The first kappa shape index (κ1) is 17.6. The van der Waals surface area contributed by atoms with Crippen molar-refractivity contribution in [1.29, 1.82) is 0 Å². The Morgan fingerprint density at radius 1 is 1.30 bits per heavy atom. The molecular weight excluding hydrogens is 288 g/mol. The van der Waals surface area contributed by atoms with Gasteiger partial charge in [-0.2, -0.15) is 0 Å². The lowest BCUT2D eigenvalue weighted by Gasteiger charge is -2.23. The summed E-state index contributed by atoms with van der Waals surface area (Å²) in [6, 6.07) is 11.1. The van der Waals surface area contributed by atoms with Gasteiger partial charge in [-0.25, -0.2) is 0 Å². The lowest BCUT2D eigenvalue weighted by atomic mass is 10.3. The molecule has 2 rings (SSSR count). The molecule has 0 saturated heterocycles. The second-order valence-electron chi connectivity index (χ2n) is 6.05. The maximum Gasteiger partial charge on any atom is 0.191 e. The summed E-state index contributed by atoms with van der Waals surface area (Å²) in [7, 11) is 2.20. The first-order chi connectivity index (χ1) is 11.2. The van der Waals surface area contributed by atoms with Crippen molar-refractivity contribution in [3.63, 3.8) is 0 Å². The second kappa shape index (κ2) is 9.40. The van der Waals surface area contributed by atoms with Crippen LogP contribution in [0.5, 0.6) is 5.75 Å². The van der Waals surface area contributed by atoms with Crippen LogP contribution in [0.2, 0.25) is 0 Å². The summed E-state index contributed by atoms with van der Waals surface area (Å²) in [4.78, 5) is 7.12. The van der Waals surface area contributed by atoms with E-state index in [0.717, 1.165) is 37.4 Å². The van der Waals surface area contributed by atoms with Crippen molar-refractivity contribution in [1.82, 2.24) is 15.5 Å². The smallest absolute Gasteiger partial charge is 0.191 e. The monoisotopic (exact) mass is 318 g/mol. The van der Waals surface area contributed by atoms with Crippen LogP contribution in [0.4, 0.5) is 0 Å². The largest absolute Gasteiger partial charge is 0.492 e. The highest BCUT2D eigenvalue weighted by Crippen LogP contribution is 2.26. The summed E-state index contributed by atoms with van der Waals surface area (Å²) in [6.45, 7) is 7.33. The zero-order valence-electron chi connectivity index (χ0n) is 14.6. The standard InChI is InChI=1S/C18H30N4O/c1-4-19-18(21-14-15(2)22(3)16-10-11-16)20-12-13-23-17-8-6-5-7-9-17/h5-9,15-16H,4,10-14H2,1-3H3,(H2,19,20,21). The molecule has 0 radical (unpaired) electrons. The van der Waals surface area contributed by atoms with Gasteiger partial charge < -0.3 is 15.4 Å². The van der Waals surface area contributed by atoms with Crippen molar-refractivity contribution in [3.8, 4) is 5.75 Å². The molecular formula is C18H30N4O. The van der Waals surface area contributed by atoms with E-state index in [1.165, 1.54) is 12.8 Å². The minimum atomic E-state index is 0.471. The van der Waals surface area contributed by atoms with Gasteiger partial charge >= 0.3 is 0 Å². The number of aliphatic imine (C=N–C) groups is 1. The van der Waals surface area contributed by atoms with E-state index in [-0.39, 0.29) is 0 Å². The molecule has 0 aromatic heterocycles. The Balaban J connectivity index is 1.70. The van der Waals surface area contributed by atoms with E-state index in [1.807, 2.05) is 30.3 Å². The average molecular weight is 318 g/mol. The van der Waals surface area contributed by atoms with E-state index in [4.69, 9.17) is 4.74 Å². The number of hydrogen-bond donors (Lipinski definition) is 2. The van der Waals surface area contributed by atoms with Crippen molar-refractivity contribution in [3.05, 3.63) is 30.3 Å². The highest BCUT2D eigenvalue weighted by molar-refractivity contribution is 5.79. The van der Waals surface area contributed by atoms with E-state index >= 15 is 0 Å². The molecule has 128 valence electrons. The van der Waals surface area contributed by atoms with Gasteiger partial charge in [-0.05, 0) is 45.9 Å². The van der Waals surface area contributed by atoms with Crippen LogP contribution in [0.3, 0.4) is 0 Å². The van der Waals surface area contributed by atoms with Gasteiger partial charge in [0, 0.05) is 18.6 Å². The Labute approximate surface area is 140 Å². The van der Waals surface area contributed by atoms with E-state index < -0.39 is 0 Å². The Kier molecular flexibility index (Phi) is 7.20. The van der Waals surface area contributed by atoms with Crippen LogP contribution in [0.15, 0.2) is 35.3 Å². The van der Waals surface area contributed by atoms with Crippen LogP contribution in [0.25, 0.3) is 0 Å². The number of nitrogens with zero attached hydrogens (tertiary/aromatic N) is 2. The third-order valence-electron chi connectivity index (χ3n) is 4.08. The predicted molar refractivity (Wildman–Crippen MR) is 96.2 cm³/mol. The minimum Gasteiger partial charge on any atom is -0.492 e. The number of benzene rings is 1. The third-order valence-corrected chi connectivity index (χ3v) is 4.08. The number of guanidine groups is 1. The van der Waals surface area contributed by atoms with Crippen LogP contribution in [0.1, 0.15) is 26.7 Å². The molecule has 2 N–H and O–H groups in total. The number of likely N-dealkylation sites (N-methyl/N-ethyl adjacent to an activating group) is 1. The van der Waals surface area contributed by atoms with Gasteiger partial charge in [0.25, 0.3) is 0 Å². The summed E-state index contributed by atoms with van der Waals surface area (Å²) < 4.78 is 5.68. The van der Waals surface area contributed by atoms with E-state index in [0.29, 0.717) is 12.6 Å². The minimum absolute atomic E-state index is 0.471. The molecule has 1 saturated carbocycles. The molecule has 0 aliphatic heterocycles. The van der Waals surface area contributed by atoms with Crippen molar-refractivity contribution >= 4 is 5.96 Å². The molecule has 1 unspecified atom stereocenters. The molecule has 1 aromatic rings. The molecule has 0 bridgehead atoms. The third kappa shape index (κ3) is 6.48. The maximum atomic E-state index is 5.68. The van der Waals surface area contributed by atoms with E-state index in [9.17, 15) is 0 Å². The Morgan fingerprint density at radius 3 is 2.70 bits per heavy atom. The summed E-state index contributed by atoms with van der Waals surface area (Å²) in [5.74, 6) is 1.76. The normalized spacial score (nSPS) is 16.3. The quantitative estimate of drug-likeness (QED) is 0.416. The van der Waals surface area contributed by atoms with Crippen LogP contribution in [-0.4, -0.2) is 56.2 Å². The van der Waals surface area contributed by atoms with Gasteiger partial charge in [0.2, 0.25) is 0 Å². The Morgan fingerprint density at radius 2 is 2.04 bits per heavy atom. The van der Waals surface area contributed by atoms with Gasteiger partial charge in [0.05, 0.1) is 13.1 Å². The fourth-order valence-electron chi connectivity index (χ4n) is 2.39. The first-order valence-corrected chi connectivity index (χ1v) is 8.62. The summed E-state index contributed by atoms with van der Waals surface area (Å²) in [5, 5.41) is 6.61. The maximum absolute atomic E-state index is 5.68. The van der Waals surface area contributed by atoms with Gasteiger partial charge in [-0.15, -0.1) is 0 Å². The molecule has 5 nitrogen and oxygen atoms in total. The topological polar surface area (TPSA) is 48.9 Å². The second-order valence-corrected chi connectivity index (χ2v) is 6.05. The van der Waals surface area contributed by atoms with E-state index in [2.05, 4.69) is 41.4 Å². The number of nitrogens with one attached hydrogen (secondary N) is 2. The molecule has 0 heterocycles. The number of ether oxygens (including phenoxy) is 1. The molecule has 0 spiro atoms. The highest BCUT2D eigenvalue weighted by atomic mass is 16.5. The summed E-state index contributed by atoms with van der Waals surface area (Å²) in [5.41, 5.74) is 0. The van der Waals surface area contributed by atoms with Gasteiger partial charge in [0.1, 0.15) is 12.4 Å². The number of para-hydroxylation sites is 1. The zero-order chi connectivity index (χ0) is 16.5. The van der Waals surface area contributed by atoms with Gasteiger partial charge in [-0.3, -0.25) is 9.89 Å². The van der Waals surface area contributed by atoms with E-state index in [1.54, 1.807) is 0 Å². The first-order valence-electron chi connectivity index (χ1n) is 8.62. The van der Waals surface area contributed by atoms with Crippen LogP contribution in [-0.2, 0) is 0 Å². The van der Waals surface area contributed by atoms with Crippen molar-refractivity contribution in [2.24, 2.45) is 4.99 Å². The van der Waals surface area contributed by atoms with Crippen molar-refractivity contribution in [2.45, 2.75) is 38.8 Å². The fourth-order valence-corrected chi connectivity index (χ4v) is 2.39. The molecule has 1 aliphatic carbocycles. The summed E-state index contributed by atoms with van der Waals surface area (Å²) in [6.07, 6.45) is 2.67. The molecule has 0 amide bonds. The Hall–Kier alpha value is -1.75. The Bertz CT molecular complexity index is 473. The SMILES string of the molecule is CCNC(=NCC(C)N(C)C1CC1)NCCOc1ccccc1. The summed E-state index contributed by atoms with van der Waals surface area (Å²) >= 11 is 0. The molecule has 5 heteroatoms. The molecule has 1 atom stereocenters. The predicted octanol–water partition coefficient (Wildman–Crippen LogP) is 2.10.